The summed E-state index contributed by atoms with van der Waals surface area (Å²) >= 11 is 3.70. The Hall–Kier alpha value is -2.64. The lowest BCUT2D eigenvalue weighted by Gasteiger charge is -2.34. The Bertz CT molecular complexity index is 1460. The molecule has 2 aliphatic rings. The van der Waals surface area contributed by atoms with Gasteiger partial charge in [-0.25, -0.2) is 9.13 Å². The molecule has 2 unspecified atom stereocenters. The van der Waals surface area contributed by atoms with Crippen LogP contribution in [-0.4, -0.2) is 35.1 Å². The van der Waals surface area contributed by atoms with Crippen LogP contribution < -0.4 is 26.4 Å². The molecule has 1 saturated heterocycles. The molecule has 3 aromatic carbocycles. The Morgan fingerprint density at radius 3 is 2.56 bits per heavy atom. The smallest absolute Gasteiger partial charge is 0.266 e. The van der Waals surface area contributed by atoms with Crippen LogP contribution in [0.1, 0.15) is 30.3 Å². The second-order valence-corrected chi connectivity index (χ2v) is 10.9. The Morgan fingerprint density at radius 2 is 1.75 bits per heavy atom. The fourth-order valence-corrected chi connectivity index (χ4v) is 6.76. The van der Waals surface area contributed by atoms with Crippen LogP contribution in [0.5, 0.6) is 0 Å². The zero-order valence-electron chi connectivity index (χ0n) is 20.8. The fourth-order valence-electron chi connectivity index (χ4n) is 6.35. The van der Waals surface area contributed by atoms with Crippen molar-refractivity contribution in [3.63, 3.8) is 0 Å². The number of amides is 1. The first-order valence-electron chi connectivity index (χ1n) is 12.2. The van der Waals surface area contributed by atoms with Crippen LogP contribution in [0.4, 0.5) is 5.69 Å². The molecule has 2 aliphatic heterocycles. The molecule has 186 valence electrons. The molecule has 0 saturated carbocycles. The van der Waals surface area contributed by atoms with Gasteiger partial charge in [-0.3, -0.25) is 4.79 Å². The van der Waals surface area contributed by atoms with Crippen molar-refractivity contribution in [1.82, 2.24) is 9.47 Å². The maximum atomic E-state index is 13.9. The van der Waals surface area contributed by atoms with Crippen molar-refractivity contribution in [2.45, 2.75) is 44.9 Å². The Labute approximate surface area is 231 Å². The maximum absolute atomic E-state index is 13.9. The quantitative estimate of drug-likeness (QED) is 0.332. The van der Waals surface area contributed by atoms with Crippen LogP contribution in [0.2, 0.25) is 0 Å². The first-order chi connectivity index (χ1) is 16.9. The van der Waals surface area contributed by atoms with E-state index in [1.807, 2.05) is 6.07 Å². The first kappa shape index (κ1) is 25.0. The molecule has 36 heavy (non-hydrogen) atoms. The highest BCUT2D eigenvalue weighted by atomic mass is 79.9. The van der Waals surface area contributed by atoms with Crippen LogP contribution in [0.3, 0.4) is 0 Å². The number of para-hydroxylation sites is 3. The molecule has 1 fully saturated rings. The summed E-state index contributed by atoms with van der Waals surface area (Å²) in [5.74, 6) is 1.26. The number of aromatic nitrogens is 2. The van der Waals surface area contributed by atoms with E-state index in [2.05, 4.69) is 122 Å². The van der Waals surface area contributed by atoms with E-state index in [1.54, 1.807) is 0 Å². The lowest BCUT2D eigenvalue weighted by atomic mass is 9.81. The maximum Gasteiger partial charge on any atom is 0.266 e. The standard InChI is InChI=1S/C29H30BrN4O.BrH/c1-20-33(18-21-10-4-6-12-23(21)30)25-14-8-9-15-26(25)34(20)19-27(35)32-17-16-29(2)22-11-5-7-13-24(22)31(3)28(29)32;/h4-15,28H,16-19H2,1-3H3;1H/q+1;/p-1. The minimum absolute atomic E-state index is 0. The molecule has 7 heteroatoms. The van der Waals surface area contributed by atoms with E-state index in [4.69, 9.17) is 0 Å². The lowest BCUT2D eigenvalue weighted by Crippen LogP contribution is -3.00. The highest BCUT2D eigenvalue weighted by molar-refractivity contribution is 9.10. The van der Waals surface area contributed by atoms with Gasteiger partial charge in [0.15, 0.2) is 17.6 Å². The summed E-state index contributed by atoms with van der Waals surface area (Å²) in [5.41, 5.74) is 6.02. The third kappa shape index (κ3) is 3.70. The summed E-state index contributed by atoms with van der Waals surface area (Å²) in [7, 11) is 2.13. The Morgan fingerprint density at radius 1 is 1.06 bits per heavy atom. The van der Waals surface area contributed by atoms with Gasteiger partial charge in [-0.05, 0) is 36.2 Å². The molecular weight excluding hydrogens is 580 g/mol. The summed E-state index contributed by atoms with van der Waals surface area (Å²) in [4.78, 5) is 18.3. The largest absolute Gasteiger partial charge is 1.00 e. The van der Waals surface area contributed by atoms with Crippen molar-refractivity contribution in [3.8, 4) is 0 Å². The van der Waals surface area contributed by atoms with Crippen molar-refractivity contribution in [2.75, 3.05) is 18.5 Å². The number of rotatable bonds is 4. The number of benzene rings is 3. The number of carbonyl (C=O) groups is 1. The molecule has 0 radical (unpaired) electrons. The number of nitrogens with zero attached hydrogens (tertiary/aromatic N) is 4. The zero-order chi connectivity index (χ0) is 24.3. The monoisotopic (exact) mass is 608 g/mol. The SMILES string of the molecule is Cc1n(CC(=O)N2CCC3(C)c4ccccc4N(C)C23)c2ccccc2[n+]1Cc1ccccc1Br.[Br-]. The van der Waals surface area contributed by atoms with E-state index < -0.39 is 0 Å². The van der Waals surface area contributed by atoms with Crippen molar-refractivity contribution in [1.29, 1.82) is 0 Å². The van der Waals surface area contributed by atoms with Gasteiger partial charge in [0.25, 0.3) is 11.7 Å². The molecule has 3 heterocycles. The summed E-state index contributed by atoms with van der Waals surface area (Å²) in [5, 5.41) is 0. The zero-order valence-corrected chi connectivity index (χ0v) is 24.0. The van der Waals surface area contributed by atoms with Crippen molar-refractivity contribution >= 4 is 38.6 Å². The fraction of sp³-hybridized carbons (Fsp3) is 0.310. The molecule has 6 rings (SSSR count). The highest BCUT2D eigenvalue weighted by Gasteiger charge is 2.54. The van der Waals surface area contributed by atoms with Crippen molar-refractivity contribution in [2.24, 2.45) is 0 Å². The lowest BCUT2D eigenvalue weighted by molar-refractivity contribution is -0.669. The first-order valence-corrected chi connectivity index (χ1v) is 13.0. The number of imidazole rings is 1. The molecule has 1 aromatic heterocycles. The summed E-state index contributed by atoms with van der Waals surface area (Å²) in [6.45, 7) is 6.31. The molecular formula is C29H30Br2N4O. The summed E-state index contributed by atoms with van der Waals surface area (Å²) < 4.78 is 5.60. The number of anilines is 1. The molecule has 0 spiro atoms. The number of halogens is 2. The van der Waals surface area contributed by atoms with Crippen LogP contribution in [-0.2, 0) is 23.3 Å². The minimum Gasteiger partial charge on any atom is -1.00 e. The normalized spacial score (nSPS) is 20.4. The molecule has 2 atom stereocenters. The second-order valence-electron chi connectivity index (χ2n) is 10.1. The second kappa shape index (κ2) is 9.34. The third-order valence-electron chi connectivity index (χ3n) is 8.15. The van der Waals surface area contributed by atoms with Crippen LogP contribution in [0, 0.1) is 6.92 Å². The van der Waals surface area contributed by atoms with Gasteiger partial charge in [0, 0.05) is 41.7 Å². The average molecular weight is 610 g/mol. The molecule has 0 aliphatic carbocycles. The van der Waals surface area contributed by atoms with E-state index in [0.29, 0.717) is 6.54 Å². The van der Waals surface area contributed by atoms with Crippen LogP contribution >= 0.6 is 15.9 Å². The number of fused-ring (bicyclic) bond motifs is 4. The molecule has 1 amide bonds. The summed E-state index contributed by atoms with van der Waals surface area (Å²) in [6.07, 6.45) is 1.04. The van der Waals surface area contributed by atoms with Crippen molar-refractivity contribution in [3.05, 3.63) is 94.2 Å². The van der Waals surface area contributed by atoms with E-state index in [9.17, 15) is 4.79 Å². The van der Waals surface area contributed by atoms with Crippen molar-refractivity contribution < 1.29 is 26.3 Å². The van der Waals surface area contributed by atoms with E-state index in [-0.39, 0.29) is 34.5 Å². The number of likely N-dealkylation sites (tertiary alicyclic amines) is 1. The third-order valence-corrected chi connectivity index (χ3v) is 8.92. The predicted octanol–water partition coefficient (Wildman–Crippen LogP) is 2.02. The Kier molecular flexibility index (Phi) is 6.50. The van der Waals surface area contributed by atoms with Gasteiger partial charge < -0.3 is 26.8 Å². The van der Waals surface area contributed by atoms with Gasteiger partial charge >= 0.3 is 0 Å². The van der Waals surface area contributed by atoms with Gasteiger partial charge in [0.2, 0.25) is 0 Å². The minimum atomic E-state index is -0.0334. The summed E-state index contributed by atoms with van der Waals surface area (Å²) in [6, 6.07) is 25.3. The number of likely N-dealkylation sites (N-methyl/N-ethyl adjacent to an activating group) is 1. The van der Waals surface area contributed by atoms with Gasteiger partial charge in [-0.1, -0.05) is 71.4 Å². The topological polar surface area (TPSA) is 32.4 Å². The van der Waals surface area contributed by atoms with Gasteiger partial charge in [0.1, 0.15) is 12.7 Å². The van der Waals surface area contributed by atoms with Crippen LogP contribution in [0.25, 0.3) is 11.0 Å². The van der Waals surface area contributed by atoms with E-state index in [1.165, 1.54) is 16.8 Å². The van der Waals surface area contributed by atoms with Gasteiger partial charge in [-0.2, -0.15) is 0 Å². The molecule has 4 aromatic rings. The highest BCUT2D eigenvalue weighted by Crippen LogP contribution is 2.51. The van der Waals surface area contributed by atoms with Crippen LogP contribution in [0.15, 0.2) is 77.3 Å². The van der Waals surface area contributed by atoms with Gasteiger partial charge in [-0.15, -0.1) is 0 Å². The average Bonchev–Trinajstić information content (AvgIpc) is 3.43. The van der Waals surface area contributed by atoms with E-state index >= 15 is 0 Å². The number of carbonyl (C=O) groups excluding carboxylic acids is 1. The number of hydrogen-bond donors (Lipinski definition) is 0. The van der Waals surface area contributed by atoms with Gasteiger partial charge in [0.05, 0.1) is 0 Å². The van der Waals surface area contributed by atoms with E-state index in [0.717, 1.165) is 40.8 Å². The number of hydrogen-bond acceptors (Lipinski definition) is 2. The molecule has 0 N–H and O–H groups in total. The molecule has 0 bridgehead atoms. The Balaban J connectivity index is 0.00000267. The molecule has 5 nitrogen and oxygen atoms in total. The predicted molar refractivity (Wildman–Crippen MR) is 142 cm³/mol.